The van der Waals surface area contributed by atoms with Gasteiger partial charge in [-0.25, -0.2) is 0 Å². The molecule has 0 aliphatic carbocycles. The molecule has 0 aliphatic heterocycles. The van der Waals surface area contributed by atoms with E-state index in [0.717, 1.165) is 140 Å². The molecule has 0 saturated heterocycles. The molecule has 4 aromatic carbocycles. The number of hydrogen-bond donors (Lipinski definition) is 0. The summed E-state index contributed by atoms with van der Waals surface area (Å²) >= 11 is 18.8. The molecular weight excluding hydrogens is 2050 g/mol. The van der Waals surface area contributed by atoms with Crippen LogP contribution in [-0.2, 0) is 207 Å². The monoisotopic (exact) mass is 2230 g/mol. The molecule has 726 valence electrons. The maximum Gasteiger partial charge on any atom is 4.00 e. The third-order valence-corrected chi connectivity index (χ3v) is 35.0. The van der Waals surface area contributed by atoms with Crippen LogP contribution >= 0.6 is 22.8 Å². The smallest absolute Gasteiger partial charge is 0.815 e. The third-order valence-electron chi connectivity index (χ3n) is 24.1. The average molecular weight is 2230 g/mol. The zero-order valence-corrected chi connectivity index (χ0v) is 97.5. The van der Waals surface area contributed by atoms with E-state index in [0.29, 0.717) is 0 Å². The van der Waals surface area contributed by atoms with Crippen LogP contribution in [0.1, 0.15) is 511 Å². The van der Waals surface area contributed by atoms with Gasteiger partial charge in [0.05, 0.1) is 0 Å². The molecule has 4 aromatic rings. The fraction of sp³-hybridized carbons (Fsp3) is 0.769. The van der Waals surface area contributed by atoms with Crippen LogP contribution in [-0.4, -0.2) is 0 Å². The molecule has 23 heteroatoms. The molecule has 127 heavy (non-hydrogen) atoms. The van der Waals surface area contributed by atoms with Crippen molar-refractivity contribution in [3.05, 3.63) is 117 Å². The molecule has 0 atom stereocenters. The number of unbranched alkanes of at least 4 members (excludes halogenated alkanes) is 56. The van der Waals surface area contributed by atoms with Crippen molar-refractivity contribution < 1.29 is 102 Å². The van der Waals surface area contributed by atoms with Crippen molar-refractivity contribution in [1.82, 2.24) is 0 Å². The second kappa shape index (κ2) is 92.3. The Balaban J connectivity index is -0.00000160. The summed E-state index contributed by atoms with van der Waals surface area (Å²) < 4.78 is 0. The van der Waals surface area contributed by atoms with E-state index in [1.54, 1.807) is 0 Å². The van der Waals surface area contributed by atoms with Gasteiger partial charge in [0.15, 0.2) is 0 Å². The predicted octanol–water partition coefficient (Wildman–Crippen LogP) is 29.8. The first kappa shape index (κ1) is 134. The van der Waals surface area contributed by atoms with Crippen LogP contribution in [0.2, 0.25) is 0 Å². The maximum absolute atomic E-state index is 11.8. The molecule has 0 aliphatic rings. The van der Waals surface area contributed by atoms with Gasteiger partial charge in [0.1, 0.15) is 43.8 Å². The Kier molecular flexibility index (Phi) is 97.3. The normalized spacial score (nSPS) is 11.5. The van der Waals surface area contributed by atoms with Crippen molar-refractivity contribution in [3.8, 4) is 0 Å². The minimum Gasteiger partial charge on any atom is -0.815 e. The summed E-state index contributed by atoms with van der Waals surface area (Å²) in [6, 6.07) is 24.6. The van der Waals surface area contributed by atoms with Gasteiger partial charge in [0.25, 0.3) is 0 Å². The van der Waals surface area contributed by atoms with Crippen LogP contribution in [0.5, 0.6) is 0 Å². The fourth-order valence-corrected chi connectivity index (χ4v) is 27.6. The van der Waals surface area contributed by atoms with Crippen molar-refractivity contribution >= 4 is 116 Å². The molecule has 0 aromatic heterocycles. The Morgan fingerprint density at radius 2 is 0.283 bits per heavy atom. The van der Waals surface area contributed by atoms with Gasteiger partial charge < -0.3 is 88.1 Å². The van der Waals surface area contributed by atoms with E-state index in [4.69, 9.17) is 49.0 Å². The average Bonchev–Trinajstić information content (AvgIpc) is 0.852. The minimum absolute atomic E-state index is 0. The molecule has 0 spiro atoms. The second-order valence-corrected chi connectivity index (χ2v) is 58.1. The molecule has 0 heterocycles. The van der Waals surface area contributed by atoms with E-state index >= 15 is 0 Å². The first-order chi connectivity index (χ1) is 59.9. The Hall–Kier alpha value is 2.62. The van der Waals surface area contributed by atoms with E-state index in [9.17, 15) is 39.1 Å². The Labute approximate surface area is 863 Å². The quantitative estimate of drug-likeness (QED) is 0.0134. The summed E-state index contributed by atoms with van der Waals surface area (Å²) in [7, 11) is 3.55. The zero-order valence-electron chi connectivity index (χ0n) is 81.4. The van der Waals surface area contributed by atoms with Crippen molar-refractivity contribution in [2.75, 3.05) is 0 Å². The van der Waals surface area contributed by atoms with E-state index in [1.807, 2.05) is 48.5 Å². The molecule has 0 amide bonds. The molecular formula is C104H180Mo3O8P4S8+4. The van der Waals surface area contributed by atoms with Gasteiger partial charge in [-0.1, -0.05) is 463 Å². The van der Waals surface area contributed by atoms with Gasteiger partial charge in [-0.2, -0.15) is 0 Å². The van der Waals surface area contributed by atoms with E-state index in [-0.39, 0.29) is 63.2 Å². The summed E-state index contributed by atoms with van der Waals surface area (Å²) in [5.74, 6) is 0. The molecule has 0 bridgehead atoms. The third kappa shape index (κ3) is 82.0. The second-order valence-electron chi connectivity index (χ2n) is 35.5. The molecule has 0 saturated carbocycles. The van der Waals surface area contributed by atoms with E-state index < -0.39 is 22.8 Å². The Bertz CT molecular complexity index is 2940. The van der Waals surface area contributed by atoms with Crippen LogP contribution in [0.15, 0.2) is 92.4 Å². The van der Waals surface area contributed by atoms with Crippen molar-refractivity contribution in [2.24, 2.45) is 0 Å². The minimum atomic E-state index is -3.80. The molecule has 8 nitrogen and oxygen atoms in total. The standard InChI is InChI=1S/4C26H45O2PS2.3Mo/c4*1-3-5-7-9-11-13-15-17-20-24-21-19-23-26(31-29(27,28)30)25(24)22-18-16-14-12-10-8-6-4-2;;;/h4*19,21,23H,3-18,20,22H2,1-2H3;;;/q4*-2;3*+4. The first-order valence-corrected chi connectivity index (χ1v) is 67.4. The zero-order chi connectivity index (χ0) is 91.2. The van der Waals surface area contributed by atoms with Crippen LogP contribution in [0.4, 0.5) is 0 Å². The molecule has 0 fully saturated rings. The first-order valence-electron chi connectivity index (χ1n) is 51.2. The van der Waals surface area contributed by atoms with Gasteiger partial charge in [-0.05, 0) is 125 Å². The van der Waals surface area contributed by atoms with Gasteiger partial charge >= 0.3 is 63.2 Å². The fourth-order valence-electron chi connectivity index (χ4n) is 16.9. The maximum atomic E-state index is 11.8. The van der Waals surface area contributed by atoms with Crippen LogP contribution in [0.3, 0.4) is 0 Å². The van der Waals surface area contributed by atoms with Crippen LogP contribution in [0, 0.1) is 0 Å². The summed E-state index contributed by atoms with van der Waals surface area (Å²) in [6.07, 6.45) is 91.4. The molecule has 0 unspecified atom stereocenters. The summed E-state index contributed by atoms with van der Waals surface area (Å²) in [5.41, 5.74) is -4.89. The predicted molar refractivity (Wildman–Crippen MR) is 556 cm³/mol. The number of hydrogen-bond acceptors (Lipinski definition) is 12. The van der Waals surface area contributed by atoms with E-state index in [2.05, 4.69) is 79.7 Å². The molecule has 4 rings (SSSR count). The van der Waals surface area contributed by atoms with Crippen molar-refractivity contribution in [1.29, 1.82) is 0 Å². The number of rotatable bonds is 76. The summed E-state index contributed by atoms with van der Waals surface area (Å²) in [5, 5.41) is 0. The van der Waals surface area contributed by atoms with Gasteiger partial charge in [-0.15, -0.1) is 22.8 Å². The van der Waals surface area contributed by atoms with Gasteiger partial charge in [0, 0.05) is 46.5 Å². The van der Waals surface area contributed by atoms with Crippen LogP contribution in [0.25, 0.3) is 0 Å². The number of aryl methyl sites for hydroxylation is 4. The summed E-state index contributed by atoms with van der Waals surface area (Å²) in [6.45, 7) is 18.1. The largest absolute Gasteiger partial charge is 4.00 e. The topological polar surface area (TPSA) is 184 Å². The van der Waals surface area contributed by atoms with Crippen molar-refractivity contribution in [2.45, 2.75) is 537 Å². The van der Waals surface area contributed by atoms with Crippen LogP contribution < -0.4 is 39.1 Å². The van der Waals surface area contributed by atoms with Gasteiger partial charge in [0.2, 0.25) is 19.6 Å². The number of benzene rings is 4. The Morgan fingerprint density at radius 3 is 0.402 bits per heavy atom. The van der Waals surface area contributed by atoms with E-state index in [1.165, 1.54) is 430 Å². The Morgan fingerprint density at radius 1 is 0.173 bits per heavy atom. The summed E-state index contributed by atoms with van der Waals surface area (Å²) in [4.78, 5) is 97.7. The molecule has 0 N–H and O–H groups in total. The van der Waals surface area contributed by atoms with Crippen molar-refractivity contribution in [3.63, 3.8) is 0 Å². The SMILES string of the molecule is CCCCCCCCCCc1cccc([S+]=P([O-])([O-])[S-])c1CCCCCCCCCC.CCCCCCCCCCc1cccc([S+]=P([O-])([O-])[S-])c1CCCCCCCCCC.CCCCCCCCCCc1cccc([S+]=P([O-])([O-])[S-])c1CCCCCCCCCC.CCCCCCCCCCc1cccc([S+]=P([O-])([O-])[S-])c1CCCCCCCCCC.[Mo+4].[Mo+4].[Mo+4]. The van der Waals surface area contributed by atoms with Gasteiger partial charge in [-0.3, -0.25) is 0 Å². The molecule has 0 radical (unpaired) electrons.